The van der Waals surface area contributed by atoms with Crippen molar-refractivity contribution in [1.82, 2.24) is 19.4 Å². The van der Waals surface area contributed by atoms with E-state index in [-0.39, 0.29) is 11.8 Å². The van der Waals surface area contributed by atoms with Crippen molar-refractivity contribution in [2.45, 2.75) is 78.3 Å². The van der Waals surface area contributed by atoms with Crippen LogP contribution in [0.15, 0.2) is 0 Å². The van der Waals surface area contributed by atoms with Gasteiger partial charge in [-0.15, -0.1) is 0 Å². The topological polar surface area (TPSA) is 58.4 Å². The fourth-order valence-electron chi connectivity index (χ4n) is 4.36. The molecule has 144 valence electrons. The molecule has 1 unspecified atom stereocenters. The number of piperidine rings is 1. The predicted octanol–water partition coefficient (Wildman–Crippen LogP) is 3.11. The lowest BCUT2D eigenvalue weighted by Gasteiger charge is -2.35. The van der Waals surface area contributed by atoms with Crippen LogP contribution >= 0.6 is 0 Å². The minimum Gasteiger partial charge on any atom is -0.338 e. The molecule has 0 bridgehead atoms. The van der Waals surface area contributed by atoms with Gasteiger partial charge in [0.1, 0.15) is 5.69 Å². The van der Waals surface area contributed by atoms with E-state index in [0.717, 1.165) is 57.3 Å². The lowest BCUT2D eigenvalue weighted by atomic mass is 10.00. The largest absolute Gasteiger partial charge is 0.338 e. The summed E-state index contributed by atoms with van der Waals surface area (Å²) in [7, 11) is 0. The van der Waals surface area contributed by atoms with Gasteiger partial charge in [0.15, 0.2) is 5.82 Å². The van der Waals surface area contributed by atoms with Crippen LogP contribution in [0.3, 0.4) is 0 Å². The van der Waals surface area contributed by atoms with Crippen LogP contribution in [0.4, 0.5) is 0 Å². The molecule has 6 heteroatoms. The summed E-state index contributed by atoms with van der Waals surface area (Å²) in [4.78, 5) is 34.7. The Bertz CT molecular complexity index is 663. The highest BCUT2D eigenvalue weighted by molar-refractivity contribution is 5.97. The Balaban J connectivity index is 1.97. The Labute approximate surface area is 156 Å². The molecule has 3 rings (SSSR count). The van der Waals surface area contributed by atoms with Crippen molar-refractivity contribution in [3.63, 3.8) is 0 Å². The zero-order valence-corrected chi connectivity index (χ0v) is 16.5. The fourth-order valence-corrected chi connectivity index (χ4v) is 4.36. The van der Waals surface area contributed by atoms with Gasteiger partial charge in [-0.2, -0.15) is 0 Å². The number of carbonyl (C=O) groups excluding carboxylic acids is 2. The summed E-state index contributed by atoms with van der Waals surface area (Å²) in [6.07, 6.45) is 7.22. The first kappa shape index (κ1) is 18.9. The minimum atomic E-state index is -0.0367. The van der Waals surface area contributed by atoms with E-state index in [4.69, 9.17) is 0 Å². The van der Waals surface area contributed by atoms with Gasteiger partial charge in [-0.1, -0.05) is 6.92 Å². The zero-order valence-electron chi connectivity index (χ0n) is 16.5. The number of rotatable bonds is 5. The Morgan fingerprint density at radius 3 is 2.50 bits per heavy atom. The molecular weight excluding hydrogens is 328 g/mol. The van der Waals surface area contributed by atoms with Gasteiger partial charge in [0.25, 0.3) is 11.8 Å². The van der Waals surface area contributed by atoms with E-state index >= 15 is 0 Å². The van der Waals surface area contributed by atoms with Gasteiger partial charge in [0, 0.05) is 32.2 Å². The number of fused-ring (bicyclic) bond motifs is 1. The molecule has 3 heterocycles. The molecule has 0 aliphatic carbocycles. The second kappa shape index (κ2) is 8.23. The van der Waals surface area contributed by atoms with E-state index in [1.807, 2.05) is 23.3 Å². The van der Waals surface area contributed by atoms with Crippen molar-refractivity contribution in [3.8, 4) is 0 Å². The number of imidazole rings is 1. The summed E-state index contributed by atoms with van der Waals surface area (Å²) in [5.74, 6) is 0.458. The average molecular weight is 361 g/mol. The van der Waals surface area contributed by atoms with E-state index in [0.29, 0.717) is 30.6 Å². The van der Waals surface area contributed by atoms with Crippen LogP contribution < -0.4 is 0 Å². The summed E-state index contributed by atoms with van der Waals surface area (Å²) >= 11 is 0. The van der Waals surface area contributed by atoms with Crippen molar-refractivity contribution < 1.29 is 9.59 Å². The predicted molar refractivity (Wildman–Crippen MR) is 101 cm³/mol. The number of hydrogen-bond donors (Lipinski definition) is 0. The molecule has 0 spiro atoms. The second-order valence-corrected chi connectivity index (χ2v) is 7.37. The first-order valence-electron chi connectivity index (χ1n) is 10.3. The summed E-state index contributed by atoms with van der Waals surface area (Å²) < 4.78 is 2.03. The number of likely N-dealkylation sites (tertiary alicyclic amines) is 1. The van der Waals surface area contributed by atoms with Crippen LogP contribution in [-0.4, -0.2) is 56.8 Å². The van der Waals surface area contributed by atoms with Crippen molar-refractivity contribution in [3.05, 3.63) is 17.2 Å². The molecule has 1 atom stereocenters. The molecular formula is C20H32N4O2. The highest BCUT2D eigenvalue weighted by atomic mass is 16.2. The molecule has 2 aliphatic heterocycles. The molecule has 1 aromatic rings. The molecule has 6 nitrogen and oxygen atoms in total. The number of hydrogen-bond acceptors (Lipinski definition) is 3. The first-order valence-corrected chi connectivity index (χ1v) is 10.3. The third kappa shape index (κ3) is 3.38. The second-order valence-electron chi connectivity index (χ2n) is 7.37. The quantitative estimate of drug-likeness (QED) is 0.811. The van der Waals surface area contributed by atoms with Crippen molar-refractivity contribution in [1.29, 1.82) is 0 Å². The Morgan fingerprint density at radius 2 is 1.81 bits per heavy atom. The molecule has 2 aliphatic rings. The Kier molecular flexibility index (Phi) is 5.99. The number of nitrogens with zero attached hydrogens (tertiary/aromatic N) is 4. The maximum absolute atomic E-state index is 13.3. The average Bonchev–Trinajstić information content (AvgIpc) is 3.08. The van der Waals surface area contributed by atoms with Gasteiger partial charge in [-0.05, 0) is 58.8 Å². The SMILES string of the molecule is CCC1CCCCN1C(=O)c1nc(C(=O)N(CC)CC)c2n1CCCC2. The highest BCUT2D eigenvalue weighted by Crippen LogP contribution is 2.26. The molecule has 1 fully saturated rings. The van der Waals surface area contributed by atoms with E-state index in [1.54, 1.807) is 4.90 Å². The normalized spacial score (nSPS) is 20.0. The molecule has 0 N–H and O–H groups in total. The maximum atomic E-state index is 13.3. The van der Waals surface area contributed by atoms with E-state index < -0.39 is 0 Å². The molecule has 0 saturated carbocycles. The molecule has 2 amide bonds. The summed E-state index contributed by atoms with van der Waals surface area (Å²) in [6.45, 7) is 9.03. The van der Waals surface area contributed by atoms with E-state index in [2.05, 4.69) is 11.9 Å². The van der Waals surface area contributed by atoms with E-state index in [9.17, 15) is 9.59 Å². The van der Waals surface area contributed by atoms with Gasteiger partial charge < -0.3 is 14.4 Å². The standard InChI is InChI=1S/C20H32N4O2/c1-4-15-11-7-9-13-23(15)20(26)18-21-17(19(25)22(5-2)6-3)16-12-8-10-14-24(16)18/h15H,4-14H2,1-3H3. The molecule has 26 heavy (non-hydrogen) atoms. The maximum Gasteiger partial charge on any atom is 0.290 e. The van der Waals surface area contributed by atoms with Crippen LogP contribution in [-0.2, 0) is 13.0 Å². The number of aromatic nitrogens is 2. The van der Waals surface area contributed by atoms with Gasteiger partial charge in [0.2, 0.25) is 0 Å². The molecule has 0 radical (unpaired) electrons. The van der Waals surface area contributed by atoms with Crippen molar-refractivity contribution in [2.75, 3.05) is 19.6 Å². The fraction of sp³-hybridized carbons (Fsp3) is 0.750. The minimum absolute atomic E-state index is 0.0123. The van der Waals surface area contributed by atoms with Gasteiger partial charge in [0.05, 0.1) is 5.69 Å². The summed E-state index contributed by atoms with van der Waals surface area (Å²) in [5.41, 5.74) is 1.46. The van der Waals surface area contributed by atoms with Gasteiger partial charge in [-0.3, -0.25) is 9.59 Å². The van der Waals surface area contributed by atoms with Crippen molar-refractivity contribution in [2.24, 2.45) is 0 Å². The van der Waals surface area contributed by atoms with Crippen LogP contribution in [0.25, 0.3) is 0 Å². The smallest absolute Gasteiger partial charge is 0.290 e. The summed E-state index contributed by atoms with van der Waals surface area (Å²) in [6, 6.07) is 0.301. The van der Waals surface area contributed by atoms with Crippen LogP contribution in [0.5, 0.6) is 0 Å². The third-order valence-corrected chi connectivity index (χ3v) is 5.92. The zero-order chi connectivity index (χ0) is 18.7. The molecule has 1 saturated heterocycles. The Hall–Kier alpha value is -1.85. The number of amides is 2. The van der Waals surface area contributed by atoms with Crippen LogP contribution in [0.1, 0.15) is 86.1 Å². The monoisotopic (exact) mass is 360 g/mol. The summed E-state index contributed by atoms with van der Waals surface area (Å²) in [5, 5.41) is 0. The van der Waals surface area contributed by atoms with Crippen molar-refractivity contribution >= 4 is 11.8 Å². The lowest BCUT2D eigenvalue weighted by molar-refractivity contribution is 0.0589. The highest BCUT2D eigenvalue weighted by Gasteiger charge is 2.33. The van der Waals surface area contributed by atoms with Crippen LogP contribution in [0, 0.1) is 0 Å². The first-order chi connectivity index (χ1) is 12.6. The van der Waals surface area contributed by atoms with Gasteiger partial charge in [-0.25, -0.2) is 4.98 Å². The van der Waals surface area contributed by atoms with E-state index in [1.165, 1.54) is 6.42 Å². The Morgan fingerprint density at radius 1 is 1.08 bits per heavy atom. The van der Waals surface area contributed by atoms with Gasteiger partial charge >= 0.3 is 0 Å². The molecule has 1 aromatic heterocycles. The number of carbonyl (C=O) groups is 2. The molecule has 0 aromatic carbocycles. The van der Waals surface area contributed by atoms with Crippen LogP contribution in [0.2, 0.25) is 0 Å². The third-order valence-electron chi connectivity index (χ3n) is 5.92. The lowest BCUT2D eigenvalue weighted by Crippen LogP contribution is -2.44.